The molecule has 0 saturated carbocycles. The fraction of sp³-hybridized carbons (Fsp3) is 0.375. The molecule has 0 spiro atoms. The number of nitrogens with one attached hydrogen (secondary N) is 7. The molecule has 0 bridgehead atoms. The maximum absolute atomic E-state index is 13.8. The van der Waals surface area contributed by atoms with Crippen molar-refractivity contribution >= 4 is 74.1 Å². The van der Waals surface area contributed by atoms with Crippen molar-refractivity contribution in [1.82, 2.24) is 26.6 Å². The fourth-order valence-corrected chi connectivity index (χ4v) is 7.77. The Labute approximate surface area is 377 Å². The molecule has 0 radical (unpaired) electrons. The van der Waals surface area contributed by atoms with Gasteiger partial charge in [0.15, 0.2) is 5.75 Å². The van der Waals surface area contributed by atoms with Crippen molar-refractivity contribution < 1.29 is 43.5 Å². The molecule has 0 fully saturated rings. The van der Waals surface area contributed by atoms with Crippen LogP contribution >= 0.6 is 0 Å². The number of hydrogen-bond donors (Lipinski definition) is 8. The lowest BCUT2D eigenvalue weighted by Gasteiger charge is -2.28. The Morgan fingerprint density at radius 1 is 0.862 bits per heavy atom. The summed E-state index contributed by atoms with van der Waals surface area (Å²) in [6.07, 6.45) is 2.25. The largest absolute Gasteiger partial charge is 0.383 e. The molecular weight excluding hydrogens is 833 g/mol. The highest BCUT2D eigenvalue weighted by Gasteiger charge is 2.30. The molecular formula is C48H58N8O9. The summed E-state index contributed by atoms with van der Waals surface area (Å²) in [6, 6.07) is 21.9. The summed E-state index contributed by atoms with van der Waals surface area (Å²) in [6.45, 7) is 11.4. The zero-order valence-electron chi connectivity index (χ0n) is 37.6. The van der Waals surface area contributed by atoms with E-state index in [1.54, 1.807) is 72.1 Å². The highest BCUT2D eigenvalue weighted by atomic mass is 16.8. The van der Waals surface area contributed by atoms with Gasteiger partial charge >= 0.3 is 0 Å². The van der Waals surface area contributed by atoms with Crippen LogP contribution in [0.4, 0.5) is 17.1 Å². The molecule has 5 aromatic rings. The molecule has 2 heterocycles. The van der Waals surface area contributed by atoms with Gasteiger partial charge in [-0.1, -0.05) is 38.1 Å². The second kappa shape index (κ2) is 21.3. The predicted molar refractivity (Wildman–Crippen MR) is 248 cm³/mol. The number of carbonyl (C=O) groups excluding carboxylic acids is 6. The van der Waals surface area contributed by atoms with E-state index in [1.807, 2.05) is 58.9 Å². The number of carbonyl (C=O) groups is 6. The third-order valence-corrected chi connectivity index (χ3v) is 11.3. The maximum Gasteiger partial charge on any atom is 0.274 e. The van der Waals surface area contributed by atoms with Gasteiger partial charge in [0.2, 0.25) is 17.7 Å². The van der Waals surface area contributed by atoms with Crippen molar-refractivity contribution in [3.63, 3.8) is 0 Å². The molecule has 65 heavy (non-hydrogen) atoms. The van der Waals surface area contributed by atoms with Crippen LogP contribution in [-0.4, -0.2) is 89.4 Å². The third-order valence-electron chi connectivity index (χ3n) is 11.3. The van der Waals surface area contributed by atoms with Gasteiger partial charge in [-0.2, -0.15) is 0 Å². The van der Waals surface area contributed by atoms with E-state index in [0.717, 1.165) is 21.7 Å². The average molecular weight is 891 g/mol. The second-order valence-corrected chi connectivity index (χ2v) is 17.3. The summed E-state index contributed by atoms with van der Waals surface area (Å²) in [7, 11) is 0. The van der Waals surface area contributed by atoms with Crippen LogP contribution in [0.2, 0.25) is 0 Å². The third kappa shape index (κ3) is 12.5. The van der Waals surface area contributed by atoms with Crippen LogP contribution in [0, 0.1) is 5.92 Å². The average Bonchev–Trinajstić information content (AvgIpc) is 3.89. The Kier molecular flexibility index (Phi) is 15.7. The Morgan fingerprint density at radius 2 is 1.58 bits per heavy atom. The lowest BCUT2D eigenvalue weighted by Crippen LogP contribution is -2.53. The molecule has 0 aliphatic carbocycles. The standard InChI is InChI=1S/C48H58N8O9/c1-28(2)44(49-27-43(59)54-48(5,6)20-22-64-30(4)12-11-29(3)57)46(61)50-26-42(58)51-33-15-13-31(14-16-33)45(60)52-34-17-18-38-32(23-34)24-39(53-38)47(62)56-21-19-36-35-9-7-8-10-37(35)41(65-55-63)25-40(36)56/h7-10,13-18,23-25,28,30,44,49,53,55,63H,11-12,19-22,26-27H2,1-6H3,(H,50,61)(H,51,58)(H,52,60)(H,54,59). The molecule has 1 aliphatic rings. The fourth-order valence-electron chi connectivity index (χ4n) is 7.77. The highest BCUT2D eigenvalue weighted by Crippen LogP contribution is 2.40. The number of ether oxygens (including phenoxy) is 1. The monoisotopic (exact) mass is 890 g/mol. The molecule has 6 rings (SSSR count). The van der Waals surface area contributed by atoms with Gasteiger partial charge in [-0.25, -0.2) is 0 Å². The quantitative estimate of drug-likeness (QED) is 0.0412. The van der Waals surface area contributed by atoms with E-state index in [0.29, 0.717) is 78.4 Å². The molecule has 17 nitrogen and oxygen atoms in total. The van der Waals surface area contributed by atoms with Crippen LogP contribution < -0.4 is 42.0 Å². The minimum atomic E-state index is -0.738. The van der Waals surface area contributed by atoms with Crippen molar-refractivity contribution in [2.24, 2.45) is 5.92 Å². The lowest BCUT2D eigenvalue weighted by atomic mass is 10.0. The van der Waals surface area contributed by atoms with E-state index >= 15 is 0 Å². The zero-order chi connectivity index (χ0) is 46.8. The number of benzene rings is 4. The lowest BCUT2D eigenvalue weighted by molar-refractivity contribution is -0.127. The van der Waals surface area contributed by atoms with Gasteiger partial charge < -0.3 is 45.5 Å². The molecule has 4 aromatic carbocycles. The van der Waals surface area contributed by atoms with Crippen LogP contribution in [-0.2, 0) is 30.3 Å². The minimum Gasteiger partial charge on any atom is -0.383 e. The van der Waals surface area contributed by atoms with Crippen molar-refractivity contribution in [2.75, 3.05) is 41.8 Å². The van der Waals surface area contributed by atoms with E-state index < -0.39 is 23.4 Å². The molecule has 17 heteroatoms. The summed E-state index contributed by atoms with van der Waals surface area (Å²) < 4.78 is 5.80. The van der Waals surface area contributed by atoms with Crippen molar-refractivity contribution in [3.05, 3.63) is 95.7 Å². The molecule has 2 atom stereocenters. The predicted octanol–water partition coefficient (Wildman–Crippen LogP) is 5.78. The number of fused-ring (bicyclic) bond motifs is 4. The van der Waals surface area contributed by atoms with Gasteiger partial charge in [0, 0.05) is 64.4 Å². The SMILES string of the molecule is CC(=O)CCC(C)OCCC(C)(C)NC(=O)CNC(C(=O)NCC(=O)Nc1ccc(C(=O)Nc2ccc3[nH]c(C(=O)N4CCc5c4cc(ONO)c4ccccc54)cc3c2)cc1)C(C)C. The highest BCUT2D eigenvalue weighted by molar-refractivity contribution is 6.11. The van der Waals surface area contributed by atoms with Gasteiger partial charge in [0.1, 0.15) is 11.5 Å². The van der Waals surface area contributed by atoms with Crippen LogP contribution in [0.25, 0.3) is 21.7 Å². The molecule has 8 N–H and O–H groups in total. The first-order valence-electron chi connectivity index (χ1n) is 21.7. The second-order valence-electron chi connectivity index (χ2n) is 17.3. The number of aromatic amines is 1. The first kappa shape index (κ1) is 47.8. The summed E-state index contributed by atoms with van der Waals surface area (Å²) in [5, 5.41) is 25.9. The number of aromatic nitrogens is 1. The van der Waals surface area contributed by atoms with E-state index in [2.05, 4.69) is 31.6 Å². The molecule has 2 unspecified atom stereocenters. The Hall–Kier alpha value is -6.66. The number of hydrogen-bond acceptors (Lipinski definition) is 11. The Morgan fingerprint density at radius 3 is 2.29 bits per heavy atom. The number of ketones is 1. The van der Waals surface area contributed by atoms with Gasteiger partial charge in [-0.15, -0.1) is 0 Å². The topological polar surface area (TPSA) is 232 Å². The number of H-pyrrole nitrogens is 1. The number of nitrogens with zero attached hydrogens (tertiary/aromatic N) is 1. The van der Waals surface area contributed by atoms with E-state index in [-0.39, 0.29) is 48.6 Å². The van der Waals surface area contributed by atoms with Crippen LogP contribution in [0.1, 0.15) is 87.2 Å². The van der Waals surface area contributed by atoms with E-state index in [4.69, 9.17) is 9.57 Å². The molecule has 5 amide bonds. The summed E-state index contributed by atoms with van der Waals surface area (Å²) in [5.41, 5.74) is 5.23. The van der Waals surface area contributed by atoms with Gasteiger partial charge in [0.05, 0.1) is 30.9 Å². The smallest absolute Gasteiger partial charge is 0.274 e. The normalized spacial score (nSPS) is 13.3. The van der Waals surface area contributed by atoms with Gasteiger partial charge in [0.25, 0.3) is 11.8 Å². The van der Waals surface area contributed by atoms with Crippen LogP contribution in [0.5, 0.6) is 5.75 Å². The molecule has 0 saturated heterocycles. The summed E-state index contributed by atoms with van der Waals surface area (Å²) in [4.78, 5) is 87.1. The first-order chi connectivity index (χ1) is 31.0. The van der Waals surface area contributed by atoms with Gasteiger partial charge in [-0.05, 0) is 118 Å². The first-order valence-corrected chi connectivity index (χ1v) is 21.7. The van der Waals surface area contributed by atoms with E-state index in [1.165, 1.54) is 0 Å². The number of anilines is 3. The van der Waals surface area contributed by atoms with Crippen LogP contribution in [0.3, 0.4) is 0 Å². The number of rotatable bonds is 21. The number of Topliss-reactive ketones (excluding diaryl/α,β-unsaturated/α-hetero) is 1. The molecule has 1 aliphatic heterocycles. The van der Waals surface area contributed by atoms with Crippen LogP contribution in [0.15, 0.2) is 78.9 Å². The summed E-state index contributed by atoms with van der Waals surface area (Å²) in [5.74, 6) is -1.50. The maximum atomic E-state index is 13.8. The summed E-state index contributed by atoms with van der Waals surface area (Å²) >= 11 is 0. The Balaban J connectivity index is 0.961. The van der Waals surface area contributed by atoms with Crippen molar-refractivity contribution in [1.29, 1.82) is 0 Å². The minimum absolute atomic E-state index is 0.0664. The van der Waals surface area contributed by atoms with Crippen molar-refractivity contribution in [3.8, 4) is 5.75 Å². The Bertz CT molecular complexity index is 2550. The molecule has 1 aromatic heterocycles. The van der Waals surface area contributed by atoms with E-state index in [9.17, 15) is 34.0 Å². The molecule has 344 valence electrons. The van der Waals surface area contributed by atoms with Gasteiger partial charge in [-0.3, -0.25) is 34.5 Å². The number of amides is 5. The van der Waals surface area contributed by atoms with Crippen molar-refractivity contribution in [2.45, 2.75) is 84.9 Å². The zero-order valence-corrected chi connectivity index (χ0v) is 37.6.